The van der Waals surface area contributed by atoms with Crippen molar-refractivity contribution in [1.29, 1.82) is 0 Å². The quantitative estimate of drug-likeness (QED) is 0.906. The predicted octanol–water partition coefficient (Wildman–Crippen LogP) is 2.15. The van der Waals surface area contributed by atoms with Gasteiger partial charge in [-0.15, -0.1) is 0 Å². The SMILES string of the molecule is Cc1ccc(C(C)NS(=O)(=O)c2cccnc2N)cc1F. The van der Waals surface area contributed by atoms with Crippen LogP contribution < -0.4 is 10.5 Å². The summed E-state index contributed by atoms with van der Waals surface area (Å²) in [6, 6.07) is 6.86. The van der Waals surface area contributed by atoms with E-state index in [0.717, 1.165) is 0 Å². The highest BCUT2D eigenvalue weighted by molar-refractivity contribution is 7.89. The number of aromatic nitrogens is 1. The van der Waals surface area contributed by atoms with Crippen molar-refractivity contribution in [1.82, 2.24) is 9.71 Å². The standard InChI is InChI=1S/C14H16FN3O2S/c1-9-5-6-11(8-12(9)15)10(2)18-21(19,20)13-4-3-7-17-14(13)16/h3-8,10,18H,1-2H3,(H2,16,17). The van der Waals surface area contributed by atoms with E-state index in [2.05, 4.69) is 9.71 Å². The third kappa shape index (κ3) is 3.37. The maximum absolute atomic E-state index is 13.6. The van der Waals surface area contributed by atoms with Crippen LogP contribution in [0.5, 0.6) is 0 Å². The summed E-state index contributed by atoms with van der Waals surface area (Å²) in [7, 11) is -3.82. The topological polar surface area (TPSA) is 85.1 Å². The zero-order valence-electron chi connectivity index (χ0n) is 11.7. The van der Waals surface area contributed by atoms with E-state index in [1.54, 1.807) is 26.0 Å². The van der Waals surface area contributed by atoms with Crippen molar-refractivity contribution < 1.29 is 12.8 Å². The first-order valence-electron chi connectivity index (χ1n) is 6.30. The molecule has 0 saturated carbocycles. The van der Waals surface area contributed by atoms with Gasteiger partial charge in [-0.3, -0.25) is 0 Å². The fourth-order valence-corrected chi connectivity index (χ4v) is 3.19. The molecule has 2 rings (SSSR count). The van der Waals surface area contributed by atoms with Crippen LogP contribution in [0.4, 0.5) is 10.2 Å². The molecule has 1 atom stereocenters. The lowest BCUT2D eigenvalue weighted by atomic mass is 10.1. The molecule has 21 heavy (non-hydrogen) atoms. The third-order valence-electron chi connectivity index (χ3n) is 3.12. The molecule has 0 saturated heterocycles. The summed E-state index contributed by atoms with van der Waals surface area (Å²) in [5.74, 6) is -0.452. The van der Waals surface area contributed by atoms with Gasteiger partial charge in [0.1, 0.15) is 16.5 Å². The first-order valence-corrected chi connectivity index (χ1v) is 7.78. The lowest BCUT2D eigenvalue weighted by Gasteiger charge is -2.15. The van der Waals surface area contributed by atoms with Crippen molar-refractivity contribution in [2.24, 2.45) is 0 Å². The van der Waals surface area contributed by atoms with Gasteiger partial charge in [-0.2, -0.15) is 0 Å². The zero-order chi connectivity index (χ0) is 15.6. The van der Waals surface area contributed by atoms with Crippen LogP contribution in [0, 0.1) is 12.7 Å². The van der Waals surface area contributed by atoms with E-state index < -0.39 is 16.1 Å². The number of nitrogens with zero attached hydrogens (tertiary/aromatic N) is 1. The number of pyridine rings is 1. The minimum Gasteiger partial charge on any atom is -0.383 e. The normalized spacial score (nSPS) is 13.1. The second kappa shape index (κ2) is 5.79. The highest BCUT2D eigenvalue weighted by Gasteiger charge is 2.21. The Hall–Kier alpha value is -1.99. The fraction of sp³-hybridized carbons (Fsp3) is 0.214. The Balaban J connectivity index is 2.28. The number of benzene rings is 1. The first-order chi connectivity index (χ1) is 9.81. The molecule has 1 aromatic heterocycles. The average Bonchev–Trinajstić information content (AvgIpc) is 2.41. The van der Waals surface area contributed by atoms with Gasteiger partial charge < -0.3 is 5.73 Å². The molecule has 5 nitrogen and oxygen atoms in total. The molecule has 0 amide bonds. The van der Waals surface area contributed by atoms with Crippen molar-refractivity contribution in [3.05, 3.63) is 53.5 Å². The molecule has 0 aliphatic carbocycles. The summed E-state index contributed by atoms with van der Waals surface area (Å²) >= 11 is 0. The Morgan fingerprint density at radius 1 is 1.33 bits per heavy atom. The lowest BCUT2D eigenvalue weighted by molar-refractivity contribution is 0.564. The van der Waals surface area contributed by atoms with Crippen molar-refractivity contribution >= 4 is 15.8 Å². The smallest absolute Gasteiger partial charge is 0.244 e. The number of hydrogen-bond acceptors (Lipinski definition) is 4. The van der Waals surface area contributed by atoms with Gasteiger partial charge in [0.2, 0.25) is 10.0 Å². The molecular formula is C14H16FN3O2S. The molecule has 1 heterocycles. The van der Waals surface area contributed by atoms with Crippen molar-refractivity contribution in [2.75, 3.05) is 5.73 Å². The van der Waals surface area contributed by atoms with E-state index in [1.165, 1.54) is 24.4 Å². The molecule has 0 fully saturated rings. The number of aryl methyl sites for hydroxylation is 1. The highest BCUT2D eigenvalue weighted by atomic mass is 32.2. The molecule has 1 aromatic carbocycles. The van der Waals surface area contributed by atoms with Gasteiger partial charge in [0, 0.05) is 12.2 Å². The predicted molar refractivity (Wildman–Crippen MR) is 78.5 cm³/mol. The molecule has 2 aromatic rings. The van der Waals surface area contributed by atoms with E-state index in [1.807, 2.05) is 0 Å². The summed E-state index contributed by atoms with van der Waals surface area (Å²) in [4.78, 5) is 3.66. The Kier molecular flexibility index (Phi) is 4.24. The molecule has 3 N–H and O–H groups in total. The maximum atomic E-state index is 13.6. The van der Waals surface area contributed by atoms with Gasteiger partial charge in [0.05, 0.1) is 0 Å². The molecule has 0 spiro atoms. The molecule has 0 radical (unpaired) electrons. The number of sulfonamides is 1. The summed E-state index contributed by atoms with van der Waals surface area (Å²) in [6.45, 7) is 3.28. The summed E-state index contributed by atoms with van der Waals surface area (Å²) in [6.07, 6.45) is 1.41. The molecule has 0 aliphatic rings. The van der Waals surface area contributed by atoms with Crippen LogP contribution in [0.1, 0.15) is 24.1 Å². The number of nitrogens with two attached hydrogens (primary N) is 1. The fourth-order valence-electron chi connectivity index (χ4n) is 1.87. The average molecular weight is 309 g/mol. The lowest BCUT2D eigenvalue weighted by Crippen LogP contribution is -2.27. The van der Waals surface area contributed by atoms with E-state index in [4.69, 9.17) is 5.73 Å². The number of nitrogens with one attached hydrogen (secondary N) is 1. The van der Waals surface area contributed by atoms with Gasteiger partial charge in [-0.05, 0) is 43.2 Å². The first kappa shape index (κ1) is 15.4. The highest BCUT2D eigenvalue weighted by Crippen LogP contribution is 2.21. The van der Waals surface area contributed by atoms with Crippen molar-refractivity contribution in [3.63, 3.8) is 0 Å². The second-order valence-corrected chi connectivity index (χ2v) is 6.42. The number of nitrogen functional groups attached to an aromatic ring is 1. The van der Waals surface area contributed by atoms with Gasteiger partial charge in [0.15, 0.2) is 0 Å². The van der Waals surface area contributed by atoms with Crippen molar-refractivity contribution in [2.45, 2.75) is 24.8 Å². The van der Waals surface area contributed by atoms with Gasteiger partial charge in [0.25, 0.3) is 0 Å². The van der Waals surface area contributed by atoms with Crippen LogP contribution in [0.25, 0.3) is 0 Å². The van der Waals surface area contributed by atoms with Gasteiger partial charge >= 0.3 is 0 Å². The van der Waals surface area contributed by atoms with Gasteiger partial charge in [-0.25, -0.2) is 22.5 Å². The Morgan fingerprint density at radius 2 is 2.05 bits per heavy atom. The monoisotopic (exact) mass is 309 g/mol. The number of hydrogen-bond donors (Lipinski definition) is 2. The van der Waals surface area contributed by atoms with Crippen LogP contribution in [-0.2, 0) is 10.0 Å². The van der Waals surface area contributed by atoms with E-state index in [9.17, 15) is 12.8 Å². The molecular weight excluding hydrogens is 293 g/mol. The number of halogens is 1. The van der Waals surface area contributed by atoms with Crippen LogP contribution in [0.2, 0.25) is 0 Å². The Bertz CT molecular complexity index is 763. The van der Waals surface area contributed by atoms with E-state index in [0.29, 0.717) is 11.1 Å². The summed E-state index contributed by atoms with van der Waals surface area (Å²) in [5, 5.41) is 0. The Labute approximate surface area is 123 Å². The van der Waals surface area contributed by atoms with Crippen LogP contribution in [0.15, 0.2) is 41.4 Å². The maximum Gasteiger partial charge on any atom is 0.244 e. The minimum absolute atomic E-state index is 0.0766. The van der Waals surface area contributed by atoms with Crippen LogP contribution in [-0.4, -0.2) is 13.4 Å². The molecule has 7 heteroatoms. The van der Waals surface area contributed by atoms with E-state index in [-0.39, 0.29) is 16.5 Å². The third-order valence-corrected chi connectivity index (χ3v) is 4.71. The Morgan fingerprint density at radius 3 is 2.67 bits per heavy atom. The minimum atomic E-state index is -3.82. The molecule has 0 bridgehead atoms. The second-order valence-electron chi connectivity index (χ2n) is 4.74. The zero-order valence-corrected chi connectivity index (χ0v) is 12.5. The largest absolute Gasteiger partial charge is 0.383 e. The molecule has 112 valence electrons. The molecule has 1 unspecified atom stereocenters. The van der Waals surface area contributed by atoms with Crippen LogP contribution in [0.3, 0.4) is 0 Å². The van der Waals surface area contributed by atoms with Gasteiger partial charge in [-0.1, -0.05) is 12.1 Å². The molecule has 0 aliphatic heterocycles. The number of rotatable bonds is 4. The summed E-state index contributed by atoms with van der Waals surface area (Å²) in [5.41, 5.74) is 6.61. The van der Waals surface area contributed by atoms with E-state index >= 15 is 0 Å². The van der Waals surface area contributed by atoms with Crippen molar-refractivity contribution in [3.8, 4) is 0 Å². The summed E-state index contributed by atoms with van der Waals surface area (Å²) < 4.78 is 40.5. The number of anilines is 1. The van der Waals surface area contributed by atoms with Crippen LogP contribution >= 0.6 is 0 Å².